The Balaban J connectivity index is 1.27. The van der Waals surface area contributed by atoms with Gasteiger partial charge in [-0.15, -0.1) is 0 Å². The van der Waals surface area contributed by atoms with E-state index in [1.807, 2.05) is 27.7 Å². The van der Waals surface area contributed by atoms with Gasteiger partial charge in [-0.05, 0) is 65.5 Å². The average molecular weight is 529 g/mol. The van der Waals surface area contributed by atoms with Crippen LogP contribution in [0.25, 0.3) is 0 Å². The Morgan fingerprint density at radius 1 is 1.11 bits per heavy atom. The molecule has 2 N–H and O–H groups in total. The van der Waals surface area contributed by atoms with E-state index in [1.54, 1.807) is 23.1 Å². The van der Waals surface area contributed by atoms with E-state index in [1.165, 1.54) is 0 Å². The fraction of sp³-hybridized carbons (Fsp3) is 0.593. The lowest BCUT2D eigenvalue weighted by atomic mass is 10.0. The standard InChI is InChI=1S/C27H36N4O7/c1-16(37-17-11-14-30(15-12-17)26(36)38-27(2,3)4)10-13-28-19-7-5-6-18-22(19)25(35)31(24(18)34)20-8-9-21(32)29-23(20)33/h5-7,16-17,20,28H,8-15H2,1-4H3,(H,29,32,33)/t16-,20-/m0/s1. The maximum absolute atomic E-state index is 13.2. The minimum Gasteiger partial charge on any atom is -0.444 e. The Kier molecular flexibility index (Phi) is 8.05. The van der Waals surface area contributed by atoms with Gasteiger partial charge in [0.2, 0.25) is 11.8 Å². The van der Waals surface area contributed by atoms with Crippen molar-refractivity contribution in [2.75, 3.05) is 25.0 Å². The van der Waals surface area contributed by atoms with Crippen LogP contribution in [-0.4, -0.2) is 83.0 Å². The first kappa shape index (κ1) is 27.6. The third-order valence-electron chi connectivity index (χ3n) is 6.85. The molecule has 0 radical (unpaired) electrons. The van der Waals surface area contributed by atoms with Crippen molar-refractivity contribution in [2.45, 2.75) is 83.6 Å². The number of carbonyl (C=O) groups is 5. The van der Waals surface area contributed by atoms with E-state index in [4.69, 9.17) is 9.47 Å². The highest BCUT2D eigenvalue weighted by Gasteiger charge is 2.45. The topological polar surface area (TPSA) is 134 Å². The van der Waals surface area contributed by atoms with Gasteiger partial charge in [0.25, 0.3) is 11.8 Å². The Labute approximate surface area is 222 Å². The number of fused-ring (bicyclic) bond motifs is 1. The minimum absolute atomic E-state index is 0.0472. The van der Waals surface area contributed by atoms with Crippen LogP contribution in [0.1, 0.15) is 80.5 Å². The van der Waals surface area contributed by atoms with Crippen LogP contribution in [0.3, 0.4) is 0 Å². The van der Waals surface area contributed by atoms with E-state index < -0.39 is 35.3 Å². The molecule has 1 aromatic rings. The number of piperidine rings is 2. The average Bonchev–Trinajstić information content (AvgIpc) is 3.09. The summed E-state index contributed by atoms with van der Waals surface area (Å²) in [6, 6.07) is 4.00. The van der Waals surface area contributed by atoms with Crippen molar-refractivity contribution in [2.24, 2.45) is 0 Å². The maximum Gasteiger partial charge on any atom is 0.410 e. The van der Waals surface area contributed by atoms with Crippen molar-refractivity contribution in [1.82, 2.24) is 15.1 Å². The lowest BCUT2D eigenvalue weighted by Gasteiger charge is -2.34. The fourth-order valence-electron chi connectivity index (χ4n) is 4.97. The molecule has 0 bridgehead atoms. The van der Waals surface area contributed by atoms with Gasteiger partial charge in [-0.1, -0.05) is 6.07 Å². The fourth-order valence-corrected chi connectivity index (χ4v) is 4.97. The van der Waals surface area contributed by atoms with Crippen LogP contribution in [0.2, 0.25) is 0 Å². The summed E-state index contributed by atoms with van der Waals surface area (Å²) < 4.78 is 11.6. The number of rotatable bonds is 7. The quantitative estimate of drug-likeness (QED) is 0.516. The van der Waals surface area contributed by atoms with Crippen LogP contribution in [0, 0.1) is 0 Å². The molecular formula is C27H36N4O7. The van der Waals surface area contributed by atoms with Crippen LogP contribution in [0.5, 0.6) is 0 Å². The SMILES string of the molecule is C[C@@H](CCNc1cccc2c1C(=O)N([C@H]1CCC(=O)NC1=O)C2=O)OC1CCN(C(=O)OC(C)(C)C)CC1. The van der Waals surface area contributed by atoms with E-state index in [0.717, 1.165) is 17.7 Å². The largest absolute Gasteiger partial charge is 0.444 e. The lowest BCUT2D eigenvalue weighted by Crippen LogP contribution is -2.54. The van der Waals surface area contributed by atoms with Crippen LogP contribution >= 0.6 is 0 Å². The smallest absolute Gasteiger partial charge is 0.410 e. The van der Waals surface area contributed by atoms with Crippen molar-refractivity contribution in [3.8, 4) is 0 Å². The molecule has 3 aliphatic heterocycles. The summed E-state index contributed by atoms with van der Waals surface area (Å²) in [4.78, 5) is 64.9. The van der Waals surface area contributed by atoms with Crippen LogP contribution < -0.4 is 10.6 Å². The molecule has 0 aliphatic carbocycles. The number of imide groups is 2. The van der Waals surface area contributed by atoms with Crippen molar-refractivity contribution in [3.63, 3.8) is 0 Å². The number of nitrogens with zero attached hydrogens (tertiary/aromatic N) is 2. The highest BCUT2D eigenvalue weighted by Crippen LogP contribution is 2.32. The van der Waals surface area contributed by atoms with Crippen molar-refractivity contribution in [3.05, 3.63) is 29.3 Å². The van der Waals surface area contributed by atoms with Gasteiger partial charge >= 0.3 is 6.09 Å². The zero-order valence-corrected chi connectivity index (χ0v) is 22.4. The molecule has 2 atom stereocenters. The highest BCUT2D eigenvalue weighted by molar-refractivity contribution is 6.25. The Morgan fingerprint density at radius 3 is 2.47 bits per heavy atom. The second kappa shape index (κ2) is 11.1. The summed E-state index contributed by atoms with van der Waals surface area (Å²) in [6.07, 6.45) is 2.01. The van der Waals surface area contributed by atoms with Gasteiger partial charge < -0.3 is 19.7 Å². The molecular weight excluding hydrogens is 492 g/mol. The summed E-state index contributed by atoms with van der Waals surface area (Å²) in [6.45, 7) is 9.21. The third-order valence-corrected chi connectivity index (χ3v) is 6.85. The number of nitrogens with one attached hydrogen (secondary N) is 2. The van der Waals surface area contributed by atoms with Gasteiger partial charge in [0.15, 0.2) is 0 Å². The lowest BCUT2D eigenvalue weighted by molar-refractivity contribution is -0.136. The number of anilines is 1. The number of hydrogen-bond acceptors (Lipinski definition) is 8. The van der Waals surface area contributed by atoms with Gasteiger partial charge in [0, 0.05) is 31.7 Å². The van der Waals surface area contributed by atoms with Crippen molar-refractivity contribution in [1.29, 1.82) is 0 Å². The number of carbonyl (C=O) groups excluding carboxylic acids is 5. The second-order valence-corrected chi connectivity index (χ2v) is 11.0. The molecule has 38 heavy (non-hydrogen) atoms. The number of likely N-dealkylation sites (tertiary alicyclic amines) is 1. The van der Waals surface area contributed by atoms with Crippen molar-refractivity contribution < 1.29 is 33.4 Å². The van der Waals surface area contributed by atoms with E-state index in [9.17, 15) is 24.0 Å². The van der Waals surface area contributed by atoms with E-state index >= 15 is 0 Å². The molecule has 3 heterocycles. The summed E-state index contributed by atoms with van der Waals surface area (Å²) in [5.74, 6) is -2.11. The molecule has 4 rings (SSSR count). The summed E-state index contributed by atoms with van der Waals surface area (Å²) in [7, 11) is 0. The zero-order chi connectivity index (χ0) is 27.6. The van der Waals surface area contributed by atoms with Crippen molar-refractivity contribution >= 4 is 35.4 Å². The first-order chi connectivity index (χ1) is 17.9. The molecule has 5 amide bonds. The van der Waals surface area contributed by atoms with E-state index in [2.05, 4.69) is 10.6 Å². The number of ether oxygens (including phenoxy) is 2. The monoisotopic (exact) mass is 528 g/mol. The summed E-state index contributed by atoms with van der Waals surface area (Å²) in [5.41, 5.74) is 0.482. The molecule has 2 saturated heterocycles. The molecule has 206 valence electrons. The predicted octanol–water partition coefficient (Wildman–Crippen LogP) is 2.69. The van der Waals surface area contributed by atoms with E-state index in [0.29, 0.717) is 31.7 Å². The van der Waals surface area contributed by atoms with Gasteiger partial charge in [-0.3, -0.25) is 29.4 Å². The van der Waals surface area contributed by atoms with E-state index in [-0.39, 0.29) is 42.3 Å². The molecule has 0 saturated carbocycles. The molecule has 0 aromatic heterocycles. The van der Waals surface area contributed by atoms with Gasteiger partial charge in [-0.25, -0.2) is 4.79 Å². The Bertz CT molecular complexity index is 1120. The maximum atomic E-state index is 13.2. The summed E-state index contributed by atoms with van der Waals surface area (Å²) >= 11 is 0. The van der Waals surface area contributed by atoms with Crippen LogP contribution in [0.4, 0.5) is 10.5 Å². The number of benzene rings is 1. The minimum atomic E-state index is -0.997. The third kappa shape index (κ3) is 6.15. The van der Waals surface area contributed by atoms with Crippen LogP contribution in [0.15, 0.2) is 18.2 Å². The highest BCUT2D eigenvalue weighted by atomic mass is 16.6. The molecule has 2 fully saturated rings. The molecule has 0 unspecified atom stereocenters. The first-order valence-corrected chi connectivity index (χ1v) is 13.2. The summed E-state index contributed by atoms with van der Waals surface area (Å²) in [5, 5.41) is 5.45. The molecule has 1 aromatic carbocycles. The molecule has 11 heteroatoms. The van der Waals surface area contributed by atoms with Gasteiger partial charge in [0.05, 0.1) is 23.3 Å². The normalized spacial score (nSPS) is 21.3. The number of amides is 5. The number of hydrogen-bond donors (Lipinski definition) is 2. The van der Waals surface area contributed by atoms with Gasteiger partial charge in [0.1, 0.15) is 11.6 Å². The molecule has 3 aliphatic rings. The molecule has 0 spiro atoms. The first-order valence-electron chi connectivity index (χ1n) is 13.2. The predicted molar refractivity (Wildman–Crippen MR) is 138 cm³/mol. The Hall–Kier alpha value is -3.47. The Morgan fingerprint density at radius 2 is 1.82 bits per heavy atom. The van der Waals surface area contributed by atoms with Crippen LogP contribution in [-0.2, 0) is 19.1 Å². The molecule has 11 nitrogen and oxygen atoms in total. The zero-order valence-electron chi connectivity index (χ0n) is 22.4. The second-order valence-electron chi connectivity index (χ2n) is 11.0. The van der Waals surface area contributed by atoms with Gasteiger partial charge in [-0.2, -0.15) is 0 Å².